The maximum absolute atomic E-state index is 11.5. The third-order valence-electron chi connectivity index (χ3n) is 2.85. The molecular weight excluding hydrogens is 248 g/mol. The Morgan fingerprint density at radius 3 is 3.05 bits per heavy atom. The first-order valence-electron chi connectivity index (χ1n) is 6.05. The van der Waals surface area contributed by atoms with Crippen molar-refractivity contribution in [3.63, 3.8) is 0 Å². The molecule has 0 saturated heterocycles. The molecule has 1 atom stereocenters. The smallest absolute Gasteiger partial charge is 0.307 e. The number of hydrogen-bond donors (Lipinski definition) is 0. The van der Waals surface area contributed by atoms with E-state index in [4.69, 9.17) is 4.74 Å². The molecule has 0 aliphatic heterocycles. The zero-order chi connectivity index (χ0) is 13.8. The lowest BCUT2D eigenvalue weighted by molar-refractivity contribution is -0.143. The first-order valence-corrected chi connectivity index (χ1v) is 6.05. The number of rotatable bonds is 5. The van der Waals surface area contributed by atoms with Crippen LogP contribution in [-0.2, 0) is 9.53 Å². The quantitative estimate of drug-likeness (QED) is 0.718. The molecule has 0 fully saturated rings. The molecule has 102 valence electrons. The second kappa shape index (κ2) is 5.59. The Bertz CT molecular complexity index is 569. The fourth-order valence-corrected chi connectivity index (χ4v) is 1.65. The molecule has 0 aliphatic carbocycles. The molecule has 2 rings (SSSR count). The highest BCUT2D eigenvalue weighted by atomic mass is 16.5. The number of tetrazole rings is 1. The van der Waals surface area contributed by atoms with E-state index in [1.54, 1.807) is 13.0 Å². The van der Waals surface area contributed by atoms with Gasteiger partial charge in [-0.25, -0.2) is 0 Å². The van der Waals surface area contributed by atoms with Gasteiger partial charge in [-0.05, 0) is 36.4 Å². The van der Waals surface area contributed by atoms with Gasteiger partial charge in [0.25, 0.3) is 0 Å². The molecule has 0 aliphatic rings. The Balaban J connectivity index is 2.09. The minimum absolute atomic E-state index is 0.0273. The van der Waals surface area contributed by atoms with Gasteiger partial charge >= 0.3 is 5.97 Å². The number of carbonyl (C=O) groups is 1. The van der Waals surface area contributed by atoms with Crippen LogP contribution in [0.4, 0.5) is 5.82 Å². The zero-order valence-electron chi connectivity index (χ0n) is 11.1. The summed E-state index contributed by atoms with van der Waals surface area (Å²) in [5.41, 5.74) is 0.579. The summed E-state index contributed by atoms with van der Waals surface area (Å²) in [6.45, 7) is 4.12. The molecule has 1 unspecified atom stereocenters. The van der Waals surface area contributed by atoms with Gasteiger partial charge in [0, 0.05) is 13.1 Å². The van der Waals surface area contributed by atoms with Gasteiger partial charge in [0.05, 0.1) is 13.0 Å². The molecule has 0 spiro atoms. The number of carbonyl (C=O) groups excluding carboxylic acids is 1. The topological polar surface area (TPSA) is 85.5 Å². The summed E-state index contributed by atoms with van der Waals surface area (Å²) in [5, 5.41) is 15.3. The molecule has 0 saturated carbocycles. The largest absolute Gasteiger partial charge is 0.466 e. The van der Waals surface area contributed by atoms with E-state index < -0.39 is 0 Å². The lowest BCUT2D eigenvalue weighted by atomic mass is 10.2. The van der Waals surface area contributed by atoms with E-state index in [-0.39, 0.29) is 12.0 Å². The SMILES string of the molecule is CCOC(=O)CC(C)N(C)c1ccc2nnnn2n1. The van der Waals surface area contributed by atoms with E-state index in [0.29, 0.717) is 24.5 Å². The maximum atomic E-state index is 11.5. The average molecular weight is 264 g/mol. The normalized spacial score (nSPS) is 12.4. The standard InChI is InChI=1S/C11H16N6O2/c1-4-19-11(18)7-8(2)16(3)10-6-5-9-12-14-15-17(9)13-10/h5-6,8H,4,7H2,1-3H3. The van der Waals surface area contributed by atoms with Crippen molar-refractivity contribution in [1.29, 1.82) is 0 Å². The Morgan fingerprint density at radius 2 is 2.32 bits per heavy atom. The van der Waals surface area contributed by atoms with Gasteiger partial charge in [-0.15, -0.1) is 14.8 Å². The summed E-state index contributed by atoms with van der Waals surface area (Å²) in [6.07, 6.45) is 0.305. The van der Waals surface area contributed by atoms with Crippen LogP contribution in [0, 0.1) is 0 Å². The maximum Gasteiger partial charge on any atom is 0.307 e. The number of nitrogens with zero attached hydrogens (tertiary/aromatic N) is 6. The Labute approximate surface area is 110 Å². The van der Waals surface area contributed by atoms with Crippen molar-refractivity contribution in [2.24, 2.45) is 0 Å². The first-order chi connectivity index (χ1) is 9.11. The number of hydrogen-bond acceptors (Lipinski definition) is 7. The van der Waals surface area contributed by atoms with Crippen LogP contribution >= 0.6 is 0 Å². The molecule has 0 aromatic carbocycles. The van der Waals surface area contributed by atoms with E-state index >= 15 is 0 Å². The van der Waals surface area contributed by atoms with E-state index in [1.165, 1.54) is 4.63 Å². The number of ether oxygens (including phenoxy) is 1. The fourth-order valence-electron chi connectivity index (χ4n) is 1.65. The van der Waals surface area contributed by atoms with Gasteiger partial charge in [0.1, 0.15) is 0 Å². The Kier molecular flexibility index (Phi) is 3.88. The summed E-state index contributed by atoms with van der Waals surface area (Å²) in [6, 6.07) is 3.56. The second-order valence-electron chi connectivity index (χ2n) is 4.19. The van der Waals surface area contributed by atoms with Crippen LogP contribution in [0.5, 0.6) is 0 Å². The first kappa shape index (κ1) is 13.2. The molecule has 8 nitrogen and oxygen atoms in total. The summed E-state index contributed by atoms with van der Waals surface area (Å²) in [4.78, 5) is 13.3. The molecule has 2 heterocycles. The lowest BCUT2D eigenvalue weighted by Crippen LogP contribution is -2.32. The van der Waals surface area contributed by atoms with Gasteiger partial charge in [0.15, 0.2) is 11.5 Å². The van der Waals surface area contributed by atoms with Crippen LogP contribution in [0.25, 0.3) is 5.65 Å². The molecule has 0 amide bonds. The molecular formula is C11H16N6O2. The molecule has 2 aromatic rings. The van der Waals surface area contributed by atoms with Crippen molar-refractivity contribution in [3.05, 3.63) is 12.1 Å². The van der Waals surface area contributed by atoms with E-state index in [1.807, 2.05) is 24.9 Å². The van der Waals surface area contributed by atoms with Crippen LogP contribution in [0.1, 0.15) is 20.3 Å². The number of fused-ring (bicyclic) bond motifs is 1. The van der Waals surface area contributed by atoms with Crippen molar-refractivity contribution in [2.45, 2.75) is 26.3 Å². The average Bonchev–Trinajstić information content (AvgIpc) is 2.85. The highest BCUT2D eigenvalue weighted by Crippen LogP contribution is 2.14. The van der Waals surface area contributed by atoms with Crippen LogP contribution in [-0.4, -0.2) is 50.9 Å². The molecule has 0 N–H and O–H groups in total. The highest BCUT2D eigenvalue weighted by molar-refractivity contribution is 5.70. The van der Waals surface area contributed by atoms with Gasteiger partial charge in [-0.3, -0.25) is 4.79 Å². The molecule has 2 aromatic heterocycles. The molecule has 0 bridgehead atoms. The van der Waals surface area contributed by atoms with Crippen molar-refractivity contribution in [1.82, 2.24) is 25.3 Å². The summed E-state index contributed by atoms with van der Waals surface area (Å²) >= 11 is 0. The third kappa shape index (κ3) is 2.95. The van der Waals surface area contributed by atoms with Gasteiger partial charge in [0.2, 0.25) is 0 Å². The third-order valence-corrected chi connectivity index (χ3v) is 2.85. The van der Waals surface area contributed by atoms with Crippen LogP contribution in [0.2, 0.25) is 0 Å². The summed E-state index contributed by atoms with van der Waals surface area (Å²) in [5.74, 6) is 0.474. The van der Waals surface area contributed by atoms with E-state index in [2.05, 4.69) is 20.6 Å². The molecule has 0 radical (unpaired) electrons. The number of anilines is 1. The predicted molar refractivity (Wildman–Crippen MR) is 67.7 cm³/mol. The van der Waals surface area contributed by atoms with Crippen molar-refractivity contribution >= 4 is 17.4 Å². The van der Waals surface area contributed by atoms with Crippen molar-refractivity contribution in [2.75, 3.05) is 18.6 Å². The van der Waals surface area contributed by atoms with E-state index in [9.17, 15) is 4.79 Å². The van der Waals surface area contributed by atoms with Gasteiger partial charge in [-0.1, -0.05) is 0 Å². The van der Waals surface area contributed by atoms with Crippen LogP contribution in [0.15, 0.2) is 12.1 Å². The van der Waals surface area contributed by atoms with E-state index in [0.717, 1.165) is 0 Å². The Hall–Kier alpha value is -2.25. The fraction of sp³-hybridized carbons (Fsp3) is 0.545. The van der Waals surface area contributed by atoms with Gasteiger partial charge < -0.3 is 9.64 Å². The summed E-state index contributed by atoms with van der Waals surface area (Å²) in [7, 11) is 1.86. The van der Waals surface area contributed by atoms with Crippen LogP contribution in [0.3, 0.4) is 0 Å². The minimum Gasteiger partial charge on any atom is -0.466 e. The second-order valence-corrected chi connectivity index (χ2v) is 4.19. The molecule has 19 heavy (non-hydrogen) atoms. The number of aromatic nitrogens is 5. The minimum atomic E-state index is -0.217. The van der Waals surface area contributed by atoms with Gasteiger partial charge in [-0.2, -0.15) is 0 Å². The van der Waals surface area contributed by atoms with Crippen molar-refractivity contribution < 1.29 is 9.53 Å². The monoisotopic (exact) mass is 264 g/mol. The predicted octanol–water partition coefficient (Wildman–Crippen LogP) is 0.297. The lowest BCUT2D eigenvalue weighted by Gasteiger charge is -2.24. The van der Waals surface area contributed by atoms with Crippen molar-refractivity contribution in [3.8, 4) is 0 Å². The highest BCUT2D eigenvalue weighted by Gasteiger charge is 2.16. The zero-order valence-corrected chi connectivity index (χ0v) is 11.1. The summed E-state index contributed by atoms with van der Waals surface area (Å²) < 4.78 is 6.28. The van der Waals surface area contributed by atoms with Crippen LogP contribution < -0.4 is 4.90 Å². The molecule has 8 heteroatoms. The Morgan fingerprint density at radius 1 is 1.53 bits per heavy atom. The number of esters is 1.